The van der Waals surface area contributed by atoms with Gasteiger partial charge in [-0.25, -0.2) is 4.79 Å². The maximum Gasteiger partial charge on any atom is 0.328 e. The molecule has 1 fully saturated rings. The molecule has 0 aliphatic carbocycles. The maximum absolute atomic E-state index is 10.4. The van der Waals surface area contributed by atoms with Crippen molar-refractivity contribution in [2.75, 3.05) is 18.0 Å². The van der Waals surface area contributed by atoms with E-state index >= 15 is 0 Å². The summed E-state index contributed by atoms with van der Waals surface area (Å²) in [5.41, 5.74) is 2.12. The van der Waals surface area contributed by atoms with Crippen molar-refractivity contribution < 1.29 is 9.90 Å². The lowest BCUT2D eigenvalue weighted by atomic mass is 10.2. The first-order valence-corrected chi connectivity index (χ1v) is 5.52. The van der Waals surface area contributed by atoms with Gasteiger partial charge < -0.3 is 10.0 Å². The molecular weight excluding hydrogens is 202 g/mol. The van der Waals surface area contributed by atoms with Crippen LogP contribution in [0.2, 0.25) is 0 Å². The van der Waals surface area contributed by atoms with Crippen LogP contribution in [0.25, 0.3) is 6.08 Å². The van der Waals surface area contributed by atoms with Crippen LogP contribution in [0.1, 0.15) is 18.4 Å². The average Bonchev–Trinajstić information content (AvgIpc) is 2.80. The minimum Gasteiger partial charge on any atom is -0.478 e. The van der Waals surface area contributed by atoms with Gasteiger partial charge in [0.05, 0.1) is 0 Å². The lowest BCUT2D eigenvalue weighted by Crippen LogP contribution is -2.17. The molecule has 3 heteroatoms. The smallest absolute Gasteiger partial charge is 0.328 e. The monoisotopic (exact) mass is 217 g/mol. The Hall–Kier alpha value is -1.77. The van der Waals surface area contributed by atoms with E-state index in [0.29, 0.717) is 0 Å². The number of carboxylic acids is 1. The highest BCUT2D eigenvalue weighted by molar-refractivity contribution is 5.85. The zero-order valence-electron chi connectivity index (χ0n) is 9.10. The lowest BCUT2D eigenvalue weighted by Gasteiger charge is -2.17. The summed E-state index contributed by atoms with van der Waals surface area (Å²) in [4.78, 5) is 12.7. The fraction of sp³-hybridized carbons (Fsp3) is 0.308. The quantitative estimate of drug-likeness (QED) is 0.790. The molecule has 2 rings (SSSR count). The molecule has 0 amide bonds. The molecule has 1 aromatic rings. The summed E-state index contributed by atoms with van der Waals surface area (Å²) >= 11 is 0. The van der Waals surface area contributed by atoms with Gasteiger partial charge in [-0.15, -0.1) is 0 Å². The molecule has 0 unspecified atom stereocenters. The second-order valence-corrected chi connectivity index (χ2v) is 3.96. The first-order valence-electron chi connectivity index (χ1n) is 5.52. The third-order valence-electron chi connectivity index (χ3n) is 2.76. The highest BCUT2D eigenvalue weighted by atomic mass is 16.4. The van der Waals surface area contributed by atoms with Gasteiger partial charge >= 0.3 is 5.97 Å². The fourth-order valence-electron chi connectivity index (χ4n) is 1.97. The Morgan fingerprint density at radius 1 is 1.31 bits per heavy atom. The van der Waals surface area contributed by atoms with Crippen molar-refractivity contribution in [1.29, 1.82) is 0 Å². The van der Waals surface area contributed by atoms with E-state index in [4.69, 9.17) is 5.11 Å². The van der Waals surface area contributed by atoms with E-state index in [2.05, 4.69) is 11.0 Å². The summed E-state index contributed by atoms with van der Waals surface area (Å²) in [5, 5.41) is 8.56. The Balaban J connectivity index is 2.15. The highest BCUT2D eigenvalue weighted by Crippen LogP contribution is 2.21. The second-order valence-electron chi connectivity index (χ2n) is 3.96. The second kappa shape index (κ2) is 4.84. The molecule has 1 heterocycles. The Bertz CT molecular complexity index is 406. The van der Waals surface area contributed by atoms with E-state index in [1.54, 1.807) is 6.08 Å². The third-order valence-corrected chi connectivity index (χ3v) is 2.76. The van der Waals surface area contributed by atoms with Crippen molar-refractivity contribution in [3.8, 4) is 0 Å². The van der Waals surface area contributed by atoms with Crippen LogP contribution >= 0.6 is 0 Å². The molecule has 0 atom stereocenters. The van der Waals surface area contributed by atoms with Crippen molar-refractivity contribution in [1.82, 2.24) is 0 Å². The summed E-state index contributed by atoms with van der Waals surface area (Å²) in [6, 6.07) is 7.99. The van der Waals surface area contributed by atoms with Gasteiger partial charge in [0, 0.05) is 24.9 Å². The average molecular weight is 217 g/mol. The number of nitrogens with zero attached hydrogens (tertiary/aromatic N) is 1. The van der Waals surface area contributed by atoms with Gasteiger partial charge in [0.1, 0.15) is 0 Å². The number of hydrogen-bond acceptors (Lipinski definition) is 2. The molecule has 84 valence electrons. The van der Waals surface area contributed by atoms with Gasteiger partial charge in [-0.2, -0.15) is 0 Å². The lowest BCUT2D eigenvalue weighted by molar-refractivity contribution is -0.131. The van der Waals surface area contributed by atoms with Crippen LogP contribution in [0.15, 0.2) is 30.3 Å². The van der Waals surface area contributed by atoms with Gasteiger partial charge in [0.25, 0.3) is 0 Å². The predicted molar refractivity (Wildman–Crippen MR) is 64.6 cm³/mol. The molecule has 0 bridgehead atoms. The maximum atomic E-state index is 10.4. The van der Waals surface area contributed by atoms with Crippen molar-refractivity contribution in [2.45, 2.75) is 12.8 Å². The molecule has 1 aromatic carbocycles. The standard InChI is InChI=1S/C13H15NO2/c15-13(16)7-6-11-4-3-5-12(10-11)14-8-1-2-9-14/h3-7,10H,1-2,8-9H2,(H,15,16). The first-order chi connectivity index (χ1) is 7.75. The number of rotatable bonds is 3. The van der Waals surface area contributed by atoms with Gasteiger partial charge in [-0.05, 0) is 36.6 Å². The topological polar surface area (TPSA) is 40.5 Å². The number of carboxylic acid groups (broad SMARTS) is 1. The van der Waals surface area contributed by atoms with Crippen LogP contribution in [0.3, 0.4) is 0 Å². The van der Waals surface area contributed by atoms with E-state index in [1.165, 1.54) is 24.6 Å². The Labute approximate surface area is 95.0 Å². The highest BCUT2D eigenvalue weighted by Gasteiger charge is 2.11. The van der Waals surface area contributed by atoms with E-state index in [0.717, 1.165) is 18.7 Å². The molecule has 1 saturated heterocycles. The van der Waals surface area contributed by atoms with E-state index in [-0.39, 0.29) is 0 Å². The summed E-state index contributed by atoms with van der Waals surface area (Å²) in [5.74, 6) is -0.911. The molecule has 0 radical (unpaired) electrons. The van der Waals surface area contributed by atoms with Crippen molar-refractivity contribution in [3.63, 3.8) is 0 Å². The van der Waals surface area contributed by atoms with Crippen molar-refractivity contribution >= 4 is 17.7 Å². The molecule has 1 N–H and O–H groups in total. The van der Waals surface area contributed by atoms with E-state index in [1.807, 2.05) is 18.2 Å². The van der Waals surface area contributed by atoms with Gasteiger partial charge in [0.15, 0.2) is 0 Å². The van der Waals surface area contributed by atoms with Crippen LogP contribution in [0.5, 0.6) is 0 Å². The van der Waals surface area contributed by atoms with Crippen LogP contribution in [-0.2, 0) is 4.79 Å². The van der Waals surface area contributed by atoms with Crippen molar-refractivity contribution in [2.24, 2.45) is 0 Å². The molecule has 0 spiro atoms. The molecule has 1 aliphatic rings. The zero-order valence-corrected chi connectivity index (χ0v) is 9.10. The van der Waals surface area contributed by atoms with Gasteiger partial charge in [-0.1, -0.05) is 12.1 Å². The first kappa shape index (κ1) is 10.7. The number of carbonyl (C=O) groups is 1. The van der Waals surface area contributed by atoms with Crippen molar-refractivity contribution in [3.05, 3.63) is 35.9 Å². The molecule has 3 nitrogen and oxygen atoms in total. The molecule has 0 aromatic heterocycles. The predicted octanol–water partition coefficient (Wildman–Crippen LogP) is 2.38. The fourth-order valence-corrected chi connectivity index (χ4v) is 1.97. The van der Waals surface area contributed by atoms with Crippen LogP contribution in [0.4, 0.5) is 5.69 Å². The largest absolute Gasteiger partial charge is 0.478 e. The Morgan fingerprint density at radius 2 is 2.06 bits per heavy atom. The van der Waals surface area contributed by atoms with Crippen LogP contribution in [-0.4, -0.2) is 24.2 Å². The number of benzene rings is 1. The Kier molecular flexibility index (Phi) is 3.25. The van der Waals surface area contributed by atoms with Gasteiger partial charge in [-0.3, -0.25) is 0 Å². The molecule has 0 saturated carbocycles. The van der Waals surface area contributed by atoms with E-state index < -0.39 is 5.97 Å². The third kappa shape index (κ3) is 2.63. The summed E-state index contributed by atoms with van der Waals surface area (Å²) in [6.45, 7) is 2.21. The molecule has 1 aliphatic heterocycles. The van der Waals surface area contributed by atoms with E-state index in [9.17, 15) is 4.79 Å². The molecule has 16 heavy (non-hydrogen) atoms. The summed E-state index contributed by atoms with van der Waals surface area (Å²) in [6.07, 6.45) is 5.29. The van der Waals surface area contributed by atoms with Crippen LogP contribution < -0.4 is 4.90 Å². The number of aliphatic carboxylic acids is 1. The SMILES string of the molecule is O=C(O)C=Cc1cccc(N2CCCC2)c1. The normalized spacial score (nSPS) is 15.9. The summed E-state index contributed by atoms with van der Waals surface area (Å²) < 4.78 is 0. The minimum absolute atomic E-state index is 0.911. The van der Waals surface area contributed by atoms with Gasteiger partial charge in [0.2, 0.25) is 0 Å². The number of hydrogen-bond donors (Lipinski definition) is 1. The molecular formula is C13H15NO2. The summed E-state index contributed by atoms with van der Waals surface area (Å²) in [7, 11) is 0. The zero-order chi connectivity index (χ0) is 11.4. The Morgan fingerprint density at radius 3 is 2.75 bits per heavy atom. The minimum atomic E-state index is -0.911. The van der Waals surface area contributed by atoms with Crippen LogP contribution in [0, 0.1) is 0 Å². The number of anilines is 1.